The lowest BCUT2D eigenvalue weighted by Crippen LogP contribution is -2.28. The fraction of sp³-hybridized carbons (Fsp3) is 0.333. The van der Waals surface area contributed by atoms with Crippen LogP contribution in [0.1, 0.15) is 17.4 Å². The van der Waals surface area contributed by atoms with Crippen molar-refractivity contribution < 1.29 is 4.74 Å². The van der Waals surface area contributed by atoms with Gasteiger partial charge in [-0.05, 0) is 43.0 Å². The summed E-state index contributed by atoms with van der Waals surface area (Å²) < 4.78 is 5.90. The summed E-state index contributed by atoms with van der Waals surface area (Å²) in [6.07, 6.45) is 0.108. The van der Waals surface area contributed by atoms with E-state index in [1.807, 2.05) is 25.1 Å². The molecule has 19 heavy (non-hydrogen) atoms. The van der Waals surface area contributed by atoms with Crippen LogP contribution in [0.3, 0.4) is 0 Å². The molecule has 4 heteroatoms. The van der Waals surface area contributed by atoms with E-state index in [1.54, 1.807) is 11.3 Å². The molecule has 0 bridgehead atoms. The van der Waals surface area contributed by atoms with Crippen molar-refractivity contribution in [3.63, 3.8) is 0 Å². The van der Waals surface area contributed by atoms with E-state index in [4.69, 9.17) is 16.3 Å². The van der Waals surface area contributed by atoms with E-state index in [0.29, 0.717) is 5.02 Å². The van der Waals surface area contributed by atoms with Crippen LogP contribution in [-0.2, 0) is 6.54 Å². The fourth-order valence-electron chi connectivity index (χ4n) is 1.77. The van der Waals surface area contributed by atoms with Crippen LogP contribution in [0.4, 0.5) is 0 Å². The van der Waals surface area contributed by atoms with Crippen molar-refractivity contribution in [1.29, 1.82) is 0 Å². The molecule has 0 fully saturated rings. The van der Waals surface area contributed by atoms with Gasteiger partial charge < -0.3 is 10.1 Å². The number of hydrogen-bond donors (Lipinski definition) is 1. The predicted octanol–water partition coefficient (Wildman–Crippen LogP) is 4.27. The second-order valence-electron chi connectivity index (χ2n) is 4.55. The minimum Gasteiger partial charge on any atom is -0.489 e. The maximum absolute atomic E-state index is 5.98. The molecule has 1 N–H and O–H groups in total. The summed E-state index contributed by atoms with van der Waals surface area (Å²) in [5.74, 6) is 0.859. The van der Waals surface area contributed by atoms with Gasteiger partial charge in [0.1, 0.15) is 11.9 Å². The Kier molecular flexibility index (Phi) is 5.25. The van der Waals surface area contributed by atoms with E-state index in [2.05, 4.69) is 29.8 Å². The molecule has 0 saturated heterocycles. The second kappa shape index (κ2) is 6.94. The third-order valence-electron chi connectivity index (χ3n) is 2.79. The molecule has 1 aromatic carbocycles. The molecule has 0 spiro atoms. The van der Waals surface area contributed by atoms with Crippen LogP contribution in [0, 0.1) is 6.92 Å². The molecule has 2 rings (SSSR count). The lowest BCUT2D eigenvalue weighted by atomic mass is 10.2. The molecule has 0 radical (unpaired) electrons. The van der Waals surface area contributed by atoms with Crippen molar-refractivity contribution in [3.8, 4) is 5.75 Å². The normalized spacial score (nSPS) is 12.4. The Morgan fingerprint density at radius 3 is 2.95 bits per heavy atom. The molecule has 2 aromatic rings. The van der Waals surface area contributed by atoms with Crippen LogP contribution in [-0.4, -0.2) is 12.6 Å². The number of nitrogens with one attached hydrogen (secondary N) is 1. The van der Waals surface area contributed by atoms with E-state index in [9.17, 15) is 0 Å². The van der Waals surface area contributed by atoms with Crippen LogP contribution in [0.5, 0.6) is 5.75 Å². The van der Waals surface area contributed by atoms with E-state index in [0.717, 1.165) is 24.4 Å². The molecule has 1 heterocycles. The van der Waals surface area contributed by atoms with Crippen LogP contribution < -0.4 is 10.1 Å². The Bertz CT molecular complexity index is 513. The maximum atomic E-state index is 5.98. The molecule has 2 nitrogen and oxygen atoms in total. The van der Waals surface area contributed by atoms with E-state index in [-0.39, 0.29) is 6.10 Å². The van der Waals surface area contributed by atoms with Gasteiger partial charge in [0, 0.05) is 23.0 Å². The van der Waals surface area contributed by atoms with Crippen molar-refractivity contribution >= 4 is 22.9 Å². The third kappa shape index (κ3) is 4.53. The molecular formula is C15H18ClNOS. The van der Waals surface area contributed by atoms with Gasteiger partial charge in [0.25, 0.3) is 0 Å². The second-order valence-corrected chi connectivity index (χ2v) is 6.02. The number of aryl methyl sites for hydroxylation is 1. The number of ether oxygens (including phenoxy) is 1. The first-order valence-corrected chi connectivity index (χ1v) is 7.57. The Labute approximate surface area is 123 Å². The first-order chi connectivity index (χ1) is 9.15. The molecule has 0 aliphatic rings. The monoisotopic (exact) mass is 295 g/mol. The highest BCUT2D eigenvalue weighted by Gasteiger charge is 2.07. The SMILES string of the molecule is Cc1ccc(Cl)cc1OC(C)CNCc1cccs1. The topological polar surface area (TPSA) is 21.3 Å². The van der Waals surface area contributed by atoms with Gasteiger partial charge in [0.05, 0.1) is 0 Å². The molecule has 1 atom stereocenters. The molecule has 0 amide bonds. The molecule has 0 aliphatic heterocycles. The average molecular weight is 296 g/mol. The van der Waals surface area contributed by atoms with Crippen molar-refractivity contribution in [2.24, 2.45) is 0 Å². The lowest BCUT2D eigenvalue weighted by Gasteiger charge is -2.17. The zero-order valence-electron chi connectivity index (χ0n) is 11.2. The molecular weight excluding hydrogens is 278 g/mol. The number of benzene rings is 1. The Morgan fingerprint density at radius 1 is 1.37 bits per heavy atom. The zero-order chi connectivity index (χ0) is 13.7. The average Bonchev–Trinajstić information content (AvgIpc) is 2.87. The summed E-state index contributed by atoms with van der Waals surface area (Å²) in [4.78, 5) is 1.34. The first-order valence-electron chi connectivity index (χ1n) is 6.31. The first kappa shape index (κ1) is 14.4. The van der Waals surface area contributed by atoms with Gasteiger partial charge in [-0.1, -0.05) is 23.7 Å². The standard InChI is InChI=1S/C15H18ClNOS/c1-11-5-6-13(16)8-15(11)18-12(2)9-17-10-14-4-3-7-19-14/h3-8,12,17H,9-10H2,1-2H3. The number of thiophene rings is 1. The van der Waals surface area contributed by atoms with Gasteiger partial charge in [0.2, 0.25) is 0 Å². The van der Waals surface area contributed by atoms with Gasteiger partial charge in [-0.3, -0.25) is 0 Å². The molecule has 102 valence electrons. The van der Waals surface area contributed by atoms with E-state index in [1.165, 1.54) is 4.88 Å². The summed E-state index contributed by atoms with van der Waals surface area (Å²) in [6, 6.07) is 9.92. The van der Waals surface area contributed by atoms with Crippen molar-refractivity contribution in [2.75, 3.05) is 6.54 Å². The molecule has 0 aliphatic carbocycles. The zero-order valence-corrected chi connectivity index (χ0v) is 12.7. The van der Waals surface area contributed by atoms with Crippen LogP contribution >= 0.6 is 22.9 Å². The van der Waals surface area contributed by atoms with Crippen molar-refractivity contribution in [1.82, 2.24) is 5.32 Å². The van der Waals surface area contributed by atoms with Gasteiger partial charge in [-0.2, -0.15) is 0 Å². The fourth-order valence-corrected chi connectivity index (χ4v) is 2.61. The Morgan fingerprint density at radius 2 is 2.21 bits per heavy atom. The minimum absolute atomic E-state index is 0.108. The summed E-state index contributed by atoms with van der Waals surface area (Å²) in [5, 5.41) is 6.19. The largest absolute Gasteiger partial charge is 0.489 e. The number of rotatable bonds is 6. The van der Waals surface area contributed by atoms with Crippen LogP contribution in [0.2, 0.25) is 5.02 Å². The summed E-state index contributed by atoms with van der Waals surface area (Å²) in [7, 11) is 0. The van der Waals surface area contributed by atoms with Crippen LogP contribution in [0.15, 0.2) is 35.7 Å². The van der Waals surface area contributed by atoms with Gasteiger partial charge >= 0.3 is 0 Å². The van der Waals surface area contributed by atoms with E-state index < -0.39 is 0 Å². The molecule has 1 unspecified atom stereocenters. The van der Waals surface area contributed by atoms with Crippen molar-refractivity contribution in [3.05, 3.63) is 51.2 Å². The summed E-state index contributed by atoms with van der Waals surface area (Å²) >= 11 is 7.74. The quantitative estimate of drug-likeness (QED) is 0.859. The van der Waals surface area contributed by atoms with Gasteiger partial charge in [-0.15, -0.1) is 11.3 Å². The highest BCUT2D eigenvalue weighted by molar-refractivity contribution is 7.09. The van der Waals surface area contributed by atoms with Gasteiger partial charge in [-0.25, -0.2) is 0 Å². The predicted molar refractivity (Wildman–Crippen MR) is 82.3 cm³/mol. The Hall–Kier alpha value is -1.03. The van der Waals surface area contributed by atoms with E-state index >= 15 is 0 Å². The maximum Gasteiger partial charge on any atom is 0.124 e. The smallest absolute Gasteiger partial charge is 0.124 e. The number of hydrogen-bond acceptors (Lipinski definition) is 3. The Balaban J connectivity index is 1.80. The summed E-state index contributed by atoms with van der Waals surface area (Å²) in [6.45, 7) is 5.78. The molecule has 0 saturated carbocycles. The lowest BCUT2D eigenvalue weighted by molar-refractivity contribution is 0.215. The van der Waals surface area contributed by atoms with Crippen LogP contribution in [0.25, 0.3) is 0 Å². The molecule has 1 aromatic heterocycles. The third-order valence-corrected chi connectivity index (χ3v) is 3.90. The van der Waals surface area contributed by atoms with Crippen molar-refractivity contribution in [2.45, 2.75) is 26.5 Å². The minimum atomic E-state index is 0.108. The number of halogens is 1. The summed E-state index contributed by atoms with van der Waals surface area (Å²) in [5.41, 5.74) is 1.11. The highest BCUT2D eigenvalue weighted by Crippen LogP contribution is 2.23. The van der Waals surface area contributed by atoms with Gasteiger partial charge in [0.15, 0.2) is 0 Å². The highest BCUT2D eigenvalue weighted by atomic mass is 35.5.